The topological polar surface area (TPSA) is 103 Å². The molecule has 224 valence electrons. The Kier molecular flexibility index (Phi) is 9.24. The number of hydrogen-bond acceptors (Lipinski definition) is 7. The van der Waals surface area contributed by atoms with Crippen LogP contribution in [-0.2, 0) is 27.0 Å². The van der Waals surface area contributed by atoms with E-state index in [-0.39, 0.29) is 35.2 Å². The van der Waals surface area contributed by atoms with Gasteiger partial charge in [-0.15, -0.1) is 0 Å². The molecular formula is C28H28ClF3N4O5S. The molecule has 0 aliphatic carbocycles. The van der Waals surface area contributed by atoms with Gasteiger partial charge in [-0.3, -0.25) is 19.2 Å². The number of rotatable bonds is 8. The summed E-state index contributed by atoms with van der Waals surface area (Å²) in [6, 6.07) is 7.99. The van der Waals surface area contributed by atoms with Gasteiger partial charge in [0.25, 0.3) is 11.1 Å². The van der Waals surface area contributed by atoms with Crippen LogP contribution < -0.4 is 5.32 Å². The van der Waals surface area contributed by atoms with E-state index in [1.54, 1.807) is 45.0 Å². The van der Waals surface area contributed by atoms with Gasteiger partial charge in [0, 0.05) is 17.5 Å². The number of benzene rings is 2. The minimum atomic E-state index is -4.57. The number of amides is 3. The van der Waals surface area contributed by atoms with E-state index in [9.17, 15) is 27.6 Å². The molecule has 42 heavy (non-hydrogen) atoms. The summed E-state index contributed by atoms with van der Waals surface area (Å²) in [4.78, 5) is 39.2. The van der Waals surface area contributed by atoms with Gasteiger partial charge in [0.1, 0.15) is 5.60 Å². The fourth-order valence-electron chi connectivity index (χ4n) is 4.28. The molecule has 1 aliphatic heterocycles. The summed E-state index contributed by atoms with van der Waals surface area (Å²) >= 11 is 6.55. The van der Waals surface area contributed by atoms with Crippen molar-refractivity contribution in [2.24, 2.45) is 0 Å². The number of alkyl halides is 3. The Bertz CT molecular complexity index is 1550. The summed E-state index contributed by atoms with van der Waals surface area (Å²) in [6.07, 6.45) is -2.21. The van der Waals surface area contributed by atoms with Crippen molar-refractivity contribution in [3.8, 4) is 0 Å². The molecule has 0 saturated carbocycles. The maximum atomic E-state index is 13.5. The van der Waals surface area contributed by atoms with Crippen LogP contribution in [0.15, 0.2) is 47.5 Å². The first kappa shape index (κ1) is 31.4. The number of imide groups is 1. The number of thioether (sulfide) groups is 1. The summed E-state index contributed by atoms with van der Waals surface area (Å²) in [5.74, 6) is -0.532. The average Bonchev–Trinajstić information content (AvgIpc) is 3.38. The van der Waals surface area contributed by atoms with Gasteiger partial charge in [-0.2, -0.15) is 18.3 Å². The molecule has 14 heteroatoms. The van der Waals surface area contributed by atoms with Gasteiger partial charge in [0.05, 0.1) is 47.9 Å². The van der Waals surface area contributed by atoms with Gasteiger partial charge < -0.3 is 14.8 Å². The van der Waals surface area contributed by atoms with Gasteiger partial charge in [-0.05, 0) is 74.0 Å². The lowest BCUT2D eigenvalue weighted by molar-refractivity contribution is -0.138. The van der Waals surface area contributed by atoms with Crippen LogP contribution in [0.25, 0.3) is 17.0 Å². The molecule has 0 spiro atoms. The molecule has 4 rings (SSSR count). The average molecular weight is 625 g/mol. The molecule has 1 atom stereocenters. The Balaban J connectivity index is 1.50. The molecule has 1 N–H and O–H groups in total. The Morgan fingerprint density at radius 3 is 2.57 bits per heavy atom. The van der Waals surface area contributed by atoms with Crippen molar-refractivity contribution in [3.63, 3.8) is 0 Å². The Morgan fingerprint density at radius 2 is 1.90 bits per heavy atom. The normalized spacial score (nSPS) is 16.0. The van der Waals surface area contributed by atoms with Crippen LogP contribution >= 0.6 is 23.4 Å². The van der Waals surface area contributed by atoms with Crippen LogP contribution in [0.2, 0.25) is 5.02 Å². The lowest BCUT2D eigenvalue weighted by atomic mass is 10.1. The molecule has 2 aromatic carbocycles. The first-order valence-corrected chi connectivity index (χ1v) is 13.9. The Morgan fingerprint density at radius 1 is 1.17 bits per heavy atom. The quantitative estimate of drug-likeness (QED) is 0.292. The number of nitrogens with zero attached hydrogens (tertiary/aromatic N) is 3. The smallest absolute Gasteiger partial charge is 0.416 e. The lowest BCUT2D eigenvalue weighted by Gasteiger charge is -2.25. The number of halogens is 4. The highest BCUT2D eigenvalue weighted by Gasteiger charge is 2.37. The SMILES string of the molecule is COC[C@H](CN1C(=O)S/C(=C\c2ccc3c(cnn3Cc3ccc(Cl)cc3C(F)(F)F)c2)C1=O)NC(=O)OC(C)(C)C. The van der Waals surface area contributed by atoms with E-state index in [4.69, 9.17) is 21.1 Å². The predicted octanol–water partition coefficient (Wildman–Crippen LogP) is 6.33. The number of carbonyl (C=O) groups is 3. The number of hydrogen-bond donors (Lipinski definition) is 1. The maximum absolute atomic E-state index is 13.5. The zero-order valence-electron chi connectivity index (χ0n) is 23.1. The number of ether oxygens (including phenoxy) is 2. The second kappa shape index (κ2) is 12.4. The first-order chi connectivity index (χ1) is 19.6. The van der Waals surface area contributed by atoms with Crippen molar-refractivity contribution < 1.29 is 37.0 Å². The van der Waals surface area contributed by atoms with E-state index in [0.717, 1.165) is 22.7 Å². The summed E-state index contributed by atoms with van der Waals surface area (Å²) in [5.41, 5.74) is -0.372. The molecule has 1 saturated heterocycles. The third kappa shape index (κ3) is 7.64. The Labute approximate surface area is 249 Å². The minimum Gasteiger partial charge on any atom is -0.444 e. The van der Waals surface area contributed by atoms with Gasteiger partial charge in [0.15, 0.2) is 0 Å². The largest absolute Gasteiger partial charge is 0.444 e. The molecule has 1 aliphatic rings. The number of aromatic nitrogens is 2. The van der Waals surface area contributed by atoms with Gasteiger partial charge in [-0.1, -0.05) is 23.7 Å². The molecule has 1 aromatic heterocycles. The molecule has 3 amide bonds. The van der Waals surface area contributed by atoms with Gasteiger partial charge in [0.2, 0.25) is 0 Å². The molecule has 0 unspecified atom stereocenters. The number of alkyl carbamates (subject to hydrolysis) is 1. The van der Waals surface area contributed by atoms with Crippen LogP contribution in [0.4, 0.5) is 22.8 Å². The van der Waals surface area contributed by atoms with Crippen molar-refractivity contribution >= 4 is 57.6 Å². The zero-order chi connectivity index (χ0) is 30.8. The van der Waals surface area contributed by atoms with Crippen molar-refractivity contribution in [2.75, 3.05) is 20.3 Å². The molecule has 9 nitrogen and oxygen atoms in total. The fourth-order valence-corrected chi connectivity index (χ4v) is 5.30. The highest BCUT2D eigenvalue weighted by Crippen LogP contribution is 2.35. The van der Waals surface area contributed by atoms with E-state index in [2.05, 4.69) is 10.4 Å². The lowest BCUT2D eigenvalue weighted by Crippen LogP contribution is -2.48. The molecule has 2 heterocycles. The van der Waals surface area contributed by atoms with Crippen molar-refractivity contribution in [3.05, 3.63) is 69.2 Å². The van der Waals surface area contributed by atoms with E-state index < -0.39 is 40.6 Å². The van der Waals surface area contributed by atoms with Crippen LogP contribution in [0, 0.1) is 0 Å². The standard InChI is InChI=1S/C28H28ClF3N4O5S/c1-27(2,3)41-25(38)34-20(15-40-4)14-35-24(37)23(42-26(35)39)10-16-5-8-22-18(9-16)12-33-36(22)13-17-6-7-19(29)11-21(17)28(30,31)32/h5-12,20H,13-15H2,1-4H3,(H,34,38)/b23-10-/t20-/m0/s1. The molecule has 1 fully saturated rings. The molecule has 0 bridgehead atoms. The zero-order valence-corrected chi connectivity index (χ0v) is 24.7. The van der Waals surface area contributed by atoms with Crippen molar-refractivity contribution in [2.45, 2.75) is 45.1 Å². The van der Waals surface area contributed by atoms with Crippen LogP contribution in [-0.4, -0.2) is 63.8 Å². The molecule has 0 radical (unpaired) electrons. The summed E-state index contributed by atoms with van der Waals surface area (Å²) in [6.45, 7) is 4.93. The number of methoxy groups -OCH3 is 1. The van der Waals surface area contributed by atoms with Crippen molar-refractivity contribution in [1.29, 1.82) is 0 Å². The summed E-state index contributed by atoms with van der Waals surface area (Å²) in [5, 5.41) is 6.98. The second-order valence-corrected chi connectivity index (χ2v) is 11.9. The first-order valence-electron chi connectivity index (χ1n) is 12.7. The second-order valence-electron chi connectivity index (χ2n) is 10.5. The van der Waals surface area contributed by atoms with E-state index >= 15 is 0 Å². The third-order valence-electron chi connectivity index (χ3n) is 6.03. The van der Waals surface area contributed by atoms with Gasteiger partial charge >= 0.3 is 12.3 Å². The number of nitrogens with one attached hydrogen (secondary N) is 1. The maximum Gasteiger partial charge on any atom is 0.416 e. The summed E-state index contributed by atoms with van der Waals surface area (Å²) < 4.78 is 52.5. The number of fused-ring (bicyclic) bond motifs is 1. The molecule has 3 aromatic rings. The third-order valence-corrected chi connectivity index (χ3v) is 7.17. The highest BCUT2D eigenvalue weighted by atomic mass is 35.5. The van der Waals surface area contributed by atoms with Crippen LogP contribution in [0.5, 0.6) is 0 Å². The highest BCUT2D eigenvalue weighted by molar-refractivity contribution is 8.18. The van der Waals surface area contributed by atoms with E-state index in [1.165, 1.54) is 30.1 Å². The minimum absolute atomic E-state index is 0.0148. The van der Waals surface area contributed by atoms with E-state index in [0.29, 0.717) is 16.5 Å². The van der Waals surface area contributed by atoms with Crippen LogP contribution in [0.3, 0.4) is 0 Å². The monoisotopic (exact) mass is 624 g/mol. The van der Waals surface area contributed by atoms with Crippen molar-refractivity contribution in [1.82, 2.24) is 20.0 Å². The number of carbonyl (C=O) groups excluding carboxylic acids is 3. The Hall–Kier alpha value is -3.55. The summed E-state index contributed by atoms with van der Waals surface area (Å²) in [7, 11) is 1.43. The van der Waals surface area contributed by atoms with E-state index in [1.807, 2.05) is 0 Å². The van der Waals surface area contributed by atoms with Gasteiger partial charge in [-0.25, -0.2) is 4.79 Å². The van der Waals surface area contributed by atoms with Crippen LogP contribution in [0.1, 0.15) is 37.5 Å². The molecular weight excluding hydrogens is 597 g/mol. The predicted molar refractivity (Wildman–Crippen MR) is 153 cm³/mol. The fraction of sp³-hybridized carbons (Fsp3) is 0.357.